The Balaban J connectivity index is 2.95. The maximum absolute atomic E-state index is 10.5. The van der Waals surface area contributed by atoms with Gasteiger partial charge in [0.15, 0.2) is 0 Å². The summed E-state index contributed by atoms with van der Waals surface area (Å²) in [5, 5.41) is 14.0. The summed E-state index contributed by atoms with van der Waals surface area (Å²) in [6, 6.07) is 6.11. The molecule has 6 nitrogen and oxygen atoms in total. The Hall–Kier alpha value is -2.24. The van der Waals surface area contributed by atoms with Gasteiger partial charge in [0.1, 0.15) is 0 Å². The molecule has 6 heteroatoms. The van der Waals surface area contributed by atoms with E-state index in [0.29, 0.717) is 12.0 Å². The highest BCUT2D eigenvalue weighted by Gasteiger charge is 2.09. The molecule has 0 radical (unpaired) electrons. The summed E-state index contributed by atoms with van der Waals surface area (Å²) in [6.45, 7) is 0. The minimum absolute atomic E-state index is 0.0519. The SMILES string of the molecule is O=CNN=Cc1ccccc1[N+](=O)[O-]. The molecule has 1 rings (SSSR count). The molecule has 0 aliphatic carbocycles. The number of hydrogen-bond acceptors (Lipinski definition) is 4. The Kier molecular flexibility index (Phi) is 3.31. The molecule has 1 aromatic rings. The first-order valence-electron chi connectivity index (χ1n) is 3.71. The van der Waals surface area contributed by atoms with Crippen molar-refractivity contribution in [2.24, 2.45) is 5.10 Å². The van der Waals surface area contributed by atoms with Crippen LogP contribution in [-0.4, -0.2) is 17.5 Å². The van der Waals surface area contributed by atoms with E-state index in [-0.39, 0.29) is 5.69 Å². The quantitative estimate of drug-likeness (QED) is 0.330. The Bertz CT molecular complexity index is 376. The number of para-hydroxylation sites is 1. The van der Waals surface area contributed by atoms with Gasteiger partial charge < -0.3 is 0 Å². The van der Waals surface area contributed by atoms with Gasteiger partial charge in [0, 0.05) is 6.07 Å². The van der Waals surface area contributed by atoms with Crippen LogP contribution in [0.3, 0.4) is 0 Å². The molecule has 0 heterocycles. The first-order valence-corrected chi connectivity index (χ1v) is 3.71. The van der Waals surface area contributed by atoms with Crippen LogP contribution in [-0.2, 0) is 4.79 Å². The second-order valence-corrected chi connectivity index (χ2v) is 2.32. The molecule has 0 spiro atoms. The molecule has 0 bridgehead atoms. The standard InChI is InChI=1S/C8H7N3O3/c12-6-10-9-5-7-3-1-2-4-8(7)11(13)14/h1-6H,(H,10,12). The fraction of sp³-hybridized carbons (Fsp3) is 0. The number of amides is 1. The van der Waals surface area contributed by atoms with Crippen molar-refractivity contribution < 1.29 is 9.72 Å². The van der Waals surface area contributed by atoms with Crippen molar-refractivity contribution in [3.63, 3.8) is 0 Å². The zero-order chi connectivity index (χ0) is 10.4. The molecule has 1 aromatic carbocycles. The van der Waals surface area contributed by atoms with E-state index in [9.17, 15) is 14.9 Å². The fourth-order valence-corrected chi connectivity index (χ4v) is 0.900. The van der Waals surface area contributed by atoms with Crippen molar-refractivity contribution in [3.8, 4) is 0 Å². The summed E-state index contributed by atoms with van der Waals surface area (Å²) in [7, 11) is 0. The van der Waals surface area contributed by atoms with E-state index in [4.69, 9.17) is 0 Å². The van der Waals surface area contributed by atoms with Crippen LogP contribution in [0.15, 0.2) is 29.4 Å². The first-order chi connectivity index (χ1) is 6.75. The molecule has 0 saturated heterocycles. The van der Waals surface area contributed by atoms with E-state index in [1.54, 1.807) is 12.1 Å². The van der Waals surface area contributed by atoms with E-state index in [1.165, 1.54) is 18.3 Å². The van der Waals surface area contributed by atoms with Crippen LogP contribution in [0.1, 0.15) is 5.56 Å². The van der Waals surface area contributed by atoms with Crippen LogP contribution >= 0.6 is 0 Å². The highest BCUT2D eigenvalue weighted by molar-refractivity contribution is 5.85. The van der Waals surface area contributed by atoms with Crippen LogP contribution in [0.2, 0.25) is 0 Å². The van der Waals surface area contributed by atoms with Crippen LogP contribution in [0, 0.1) is 10.1 Å². The van der Waals surface area contributed by atoms with Crippen molar-refractivity contribution in [1.29, 1.82) is 0 Å². The summed E-state index contributed by atoms with van der Waals surface area (Å²) >= 11 is 0. The number of nitro groups is 1. The number of rotatable bonds is 4. The van der Waals surface area contributed by atoms with Crippen LogP contribution in [0.4, 0.5) is 5.69 Å². The molecular weight excluding hydrogens is 186 g/mol. The van der Waals surface area contributed by atoms with Crippen molar-refractivity contribution >= 4 is 18.3 Å². The van der Waals surface area contributed by atoms with E-state index < -0.39 is 4.92 Å². The maximum Gasteiger partial charge on any atom is 0.278 e. The average Bonchev–Trinajstić information content (AvgIpc) is 2.19. The smallest absolute Gasteiger partial charge is 0.277 e. The summed E-state index contributed by atoms with van der Waals surface area (Å²) in [6.07, 6.45) is 1.60. The average molecular weight is 193 g/mol. The van der Waals surface area contributed by atoms with Crippen LogP contribution in [0.5, 0.6) is 0 Å². The van der Waals surface area contributed by atoms with Gasteiger partial charge in [0.2, 0.25) is 6.41 Å². The van der Waals surface area contributed by atoms with E-state index >= 15 is 0 Å². The molecular formula is C8H7N3O3. The zero-order valence-electron chi connectivity index (χ0n) is 7.08. The van der Waals surface area contributed by atoms with Crippen molar-refractivity contribution in [1.82, 2.24) is 5.43 Å². The topological polar surface area (TPSA) is 84.6 Å². The highest BCUT2D eigenvalue weighted by Crippen LogP contribution is 2.14. The summed E-state index contributed by atoms with van der Waals surface area (Å²) in [4.78, 5) is 19.9. The summed E-state index contributed by atoms with van der Waals surface area (Å²) < 4.78 is 0. The molecule has 0 aliphatic heterocycles. The first kappa shape index (κ1) is 9.85. The summed E-state index contributed by atoms with van der Waals surface area (Å²) in [5.41, 5.74) is 2.32. The molecule has 0 fully saturated rings. The number of carbonyl (C=O) groups excluding carboxylic acids is 1. The zero-order valence-corrected chi connectivity index (χ0v) is 7.08. The lowest BCUT2D eigenvalue weighted by Gasteiger charge is -1.94. The van der Waals surface area contributed by atoms with Crippen LogP contribution < -0.4 is 5.43 Å². The number of hydrogen-bond donors (Lipinski definition) is 1. The van der Waals surface area contributed by atoms with E-state index in [1.807, 2.05) is 5.43 Å². The van der Waals surface area contributed by atoms with E-state index in [0.717, 1.165) is 0 Å². The highest BCUT2D eigenvalue weighted by atomic mass is 16.6. The van der Waals surface area contributed by atoms with Gasteiger partial charge in [-0.1, -0.05) is 12.1 Å². The van der Waals surface area contributed by atoms with Gasteiger partial charge in [-0.15, -0.1) is 0 Å². The van der Waals surface area contributed by atoms with Gasteiger partial charge in [-0.2, -0.15) is 5.10 Å². The normalized spacial score (nSPS) is 10.0. The van der Waals surface area contributed by atoms with Crippen molar-refractivity contribution in [2.45, 2.75) is 0 Å². The van der Waals surface area contributed by atoms with Gasteiger partial charge in [-0.05, 0) is 6.07 Å². The van der Waals surface area contributed by atoms with Crippen molar-refractivity contribution in [3.05, 3.63) is 39.9 Å². The Labute approximate surface area is 79.4 Å². The molecule has 14 heavy (non-hydrogen) atoms. The van der Waals surface area contributed by atoms with Gasteiger partial charge >= 0.3 is 0 Å². The lowest BCUT2D eigenvalue weighted by Crippen LogP contribution is -2.01. The molecule has 0 unspecified atom stereocenters. The number of carbonyl (C=O) groups is 1. The van der Waals surface area contributed by atoms with Gasteiger partial charge in [-0.25, -0.2) is 5.43 Å². The Morgan fingerprint density at radius 2 is 2.14 bits per heavy atom. The number of benzene rings is 1. The predicted octanol–water partition coefficient (Wildman–Crippen LogP) is 0.675. The molecule has 0 aromatic heterocycles. The monoisotopic (exact) mass is 193 g/mol. The third-order valence-corrected chi connectivity index (χ3v) is 1.46. The molecule has 0 atom stereocenters. The van der Waals surface area contributed by atoms with Gasteiger partial charge in [-0.3, -0.25) is 14.9 Å². The summed E-state index contributed by atoms with van der Waals surface area (Å²) in [5.74, 6) is 0. The number of nitrogens with one attached hydrogen (secondary N) is 1. The minimum Gasteiger partial charge on any atom is -0.277 e. The lowest BCUT2D eigenvalue weighted by atomic mass is 10.2. The predicted molar refractivity (Wildman–Crippen MR) is 49.9 cm³/mol. The number of nitrogens with zero attached hydrogens (tertiary/aromatic N) is 2. The third kappa shape index (κ3) is 2.37. The van der Waals surface area contributed by atoms with Crippen LogP contribution in [0.25, 0.3) is 0 Å². The fourth-order valence-electron chi connectivity index (χ4n) is 0.900. The molecule has 72 valence electrons. The number of nitro benzene ring substituents is 1. The second kappa shape index (κ2) is 4.70. The molecule has 1 N–H and O–H groups in total. The molecule has 0 aliphatic rings. The molecule has 0 saturated carbocycles. The van der Waals surface area contributed by atoms with Gasteiger partial charge in [0.25, 0.3) is 5.69 Å². The second-order valence-electron chi connectivity index (χ2n) is 2.32. The largest absolute Gasteiger partial charge is 0.278 e. The number of hydrazone groups is 1. The minimum atomic E-state index is -0.512. The lowest BCUT2D eigenvalue weighted by molar-refractivity contribution is -0.385. The Morgan fingerprint density at radius 1 is 1.43 bits per heavy atom. The van der Waals surface area contributed by atoms with Crippen molar-refractivity contribution in [2.75, 3.05) is 0 Å². The van der Waals surface area contributed by atoms with E-state index in [2.05, 4.69) is 5.10 Å². The third-order valence-electron chi connectivity index (χ3n) is 1.46. The van der Waals surface area contributed by atoms with Gasteiger partial charge in [0.05, 0.1) is 16.7 Å². The molecule has 1 amide bonds. The maximum atomic E-state index is 10.5. The Morgan fingerprint density at radius 3 is 2.79 bits per heavy atom.